The Labute approximate surface area is 114 Å². The predicted octanol–water partition coefficient (Wildman–Crippen LogP) is 4.33. The summed E-state index contributed by atoms with van der Waals surface area (Å²) in [5, 5.41) is 3.14. The van der Waals surface area contributed by atoms with E-state index in [4.69, 9.17) is 0 Å². The summed E-state index contributed by atoms with van der Waals surface area (Å²) in [6, 6.07) is 4.54. The van der Waals surface area contributed by atoms with Crippen LogP contribution in [0.3, 0.4) is 0 Å². The maximum absolute atomic E-state index is 13.2. The highest BCUT2D eigenvalue weighted by Crippen LogP contribution is 2.26. The van der Waals surface area contributed by atoms with Gasteiger partial charge in [0.15, 0.2) is 0 Å². The van der Waals surface area contributed by atoms with Crippen molar-refractivity contribution in [1.82, 2.24) is 9.55 Å². The molecule has 0 fully saturated rings. The largest absolute Gasteiger partial charge is 0.324 e. The molecule has 0 saturated heterocycles. The van der Waals surface area contributed by atoms with E-state index in [0.29, 0.717) is 5.69 Å². The molecule has 96 valence electrons. The number of anilines is 2. The van der Waals surface area contributed by atoms with Gasteiger partial charge >= 0.3 is 0 Å². The summed E-state index contributed by atoms with van der Waals surface area (Å²) in [6.45, 7) is 3.05. The fourth-order valence-corrected chi connectivity index (χ4v) is 2.00. The van der Waals surface area contributed by atoms with E-state index in [1.54, 1.807) is 12.3 Å². The average Bonchev–Trinajstić information content (AvgIpc) is 2.79. The summed E-state index contributed by atoms with van der Waals surface area (Å²) in [5.74, 6) is 0.460. The molecule has 0 aliphatic heterocycles. The van der Waals surface area contributed by atoms with Gasteiger partial charge in [-0.25, -0.2) is 9.37 Å². The minimum atomic E-state index is -0.271. The van der Waals surface area contributed by atoms with Crippen molar-refractivity contribution in [2.24, 2.45) is 0 Å². The molecule has 0 amide bonds. The van der Waals surface area contributed by atoms with E-state index in [1.807, 2.05) is 10.8 Å². The maximum atomic E-state index is 13.2. The zero-order valence-electron chi connectivity index (χ0n) is 10.2. The minimum Gasteiger partial charge on any atom is -0.324 e. The van der Waals surface area contributed by atoms with Crippen LogP contribution in [0.2, 0.25) is 0 Å². The molecule has 5 heteroatoms. The topological polar surface area (TPSA) is 29.9 Å². The molecule has 1 heterocycles. The van der Waals surface area contributed by atoms with E-state index >= 15 is 0 Å². The highest BCUT2D eigenvalue weighted by atomic mass is 79.9. The van der Waals surface area contributed by atoms with Crippen LogP contribution in [0.5, 0.6) is 0 Å². The standard InChI is InChI=1S/C13H15BrFN3/c1-2-3-7-18-8-6-16-13(18)17-12-9-10(15)4-5-11(12)14/h4-6,8-9H,2-3,7H2,1H3,(H,16,17). The Balaban J connectivity index is 2.18. The van der Waals surface area contributed by atoms with E-state index in [-0.39, 0.29) is 5.82 Å². The molecular weight excluding hydrogens is 297 g/mol. The summed E-state index contributed by atoms with van der Waals surface area (Å²) in [4.78, 5) is 4.24. The summed E-state index contributed by atoms with van der Waals surface area (Å²) >= 11 is 3.39. The molecule has 0 aliphatic carbocycles. The van der Waals surface area contributed by atoms with Crippen LogP contribution in [0.4, 0.5) is 16.0 Å². The number of halogens is 2. The van der Waals surface area contributed by atoms with Gasteiger partial charge in [0.25, 0.3) is 0 Å². The molecule has 2 rings (SSSR count). The van der Waals surface area contributed by atoms with Crippen LogP contribution in [-0.4, -0.2) is 9.55 Å². The molecule has 1 aromatic carbocycles. The molecule has 0 atom stereocenters. The van der Waals surface area contributed by atoms with Crippen molar-refractivity contribution >= 4 is 27.6 Å². The summed E-state index contributed by atoms with van der Waals surface area (Å²) in [5.41, 5.74) is 0.680. The lowest BCUT2D eigenvalue weighted by molar-refractivity contribution is 0.627. The second-order valence-corrected chi connectivity index (χ2v) is 4.90. The van der Waals surface area contributed by atoms with Gasteiger partial charge in [-0.2, -0.15) is 0 Å². The first-order valence-corrected chi connectivity index (χ1v) is 6.73. The Kier molecular flexibility index (Phi) is 4.36. The number of benzene rings is 1. The van der Waals surface area contributed by atoms with Crippen molar-refractivity contribution in [1.29, 1.82) is 0 Å². The van der Waals surface area contributed by atoms with Gasteiger partial charge in [-0.05, 0) is 40.5 Å². The van der Waals surface area contributed by atoms with Crippen molar-refractivity contribution < 1.29 is 4.39 Å². The van der Waals surface area contributed by atoms with Gasteiger partial charge < -0.3 is 9.88 Å². The number of hydrogen-bond donors (Lipinski definition) is 1. The van der Waals surface area contributed by atoms with Gasteiger partial charge in [0.05, 0.1) is 5.69 Å². The highest BCUT2D eigenvalue weighted by Gasteiger charge is 2.06. The number of hydrogen-bond acceptors (Lipinski definition) is 2. The Morgan fingerprint density at radius 2 is 2.28 bits per heavy atom. The molecule has 3 nitrogen and oxygen atoms in total. The van der Waals surface area contributed by atoms with E-state index in [9.17, 15) is 4.39 Å². The van der Waals surface area contributed by atoms with Crippen LogP contribution < -0.4 is 5.32 Å². The van der Waals surface area contributed by atoms with Gasteiger partial charge in [0.1, 0.15) is 5.82 Å². The molecule has 1 aromatic heterocycles. The third-order valence-electron chi connectivity index (χ3n) is 2.64. The molecule has 0 aliphatic rings. The Hall–Kier alpha value is -1.36. The SMILES string of the molecule is CCCCn1ccnc1Nc1cc(F)ccc1Br. The van der Waals surface area contributed by atoms with Crippen LogP contribution in [0.15, 0.2) is 35.1 Å². The van der Waals surface area contributed by atoms with Crippen LogP contribution >= 0.6 is 15.9 Å². The number of nitrogens with one attached hydrogen (secondary N) is 1. The van der Waals surface area contributed by atoms with Crippen LogP contribution in [0.1, 0.15) is 19.8 Å². The molecule has 18 heavy (non-hydrogen) atoms. The number of aromatic nitrogens is 2. The van der Waals surface area contributed by atoms with Crippen molar-refractivity contribution in [2.45, 2.75) is 26.3 Å². The highest BCUT2D eigenvalue weighted by molar-refractivity contribution is 9.10. The number of unbranched alkanes of at least 4 members (excludes halogenated alkanes) is 1. The fraction of sp³-hybridized carbons (Fsp3) is 0.308. The first kappa shape index (κ1) is 13.1. The molecule has 0 spiro atoms. The lowest BCUT2D eigenvalue weighted by Crippen LogP contribution is -2.03. The van der Waals surface area contributed by atoms with Gasteiger partial charge in [-0.15, -0.1) is 0 Å². The van der Waals surface area contributed by atoms with Crippen molar-refractivity contribution in [3.8, 4) is 0 Å². The summed E-state index contributed by atoms with van der Waals surface area (Å²) in [6.07, 6.45) is 5.88. The molecule has 1 N–H and O–H groups in total. The third-order valence-corrected chi connectivity index (χ3v) is 3.33. The minimum absolute atomic E-state index is 0.271. The number of rotatable bonds is 5. The summed E-state index contributed by atoms with van der Waals surface area (Å²) < 4.78 is 16.0. The first-order chi connectivity index (χ1) is 8.70. The molecule has 2 aromatic rings. The zero-order chi connectivity index (χ0) is 13.0. The number of nitrogens with zero attached hydrogens (tertiary/aromatic N) is 2. The first-order valence-electron chi connectivity index (χ1n) is 5.94. The Morgan fingerprint density at radius 1 is 1.44 bits per heavy atom. The molecule has 0 bridgehead atoms. The average molecular weight is 312 g/mol. The predicted molar refractivity (Wildman–Crippen MR) is 74.5 cm³/mol. The van der Waals surface area contributed by atoms with Gasteiger partial charge in [0, 0.05) is 23.4 Å². The Morgan fingerprint density at radius 3 is 3.06 bits per heavy atom. The van der Waals surface area contributed by atoms with Crippen LogP contribution in [-0.2, 0) is 6.54 Å². The third kappa shape index (κ3) is 3.10. The molecule has 0 saturated carbocycles. The number of aryl methyl sites for hydroxylation is 1. The maximum Gasteiger partial charge on any atom is 0.207 e. The van der Waals surface area contributed by atoms with E-state index < -0.39 is 0 Å². The molecule has 0 unspecified atom stereocenters. The zero-order valence-corrected chi connectivity index (χ0v) is 11.7. The van der Waals surface area contributed by atoms with Gasteiger partial charge in [0.2, 0.25) is 5.95 Å². The van der Waals surface area contributed by atoms with Crippen molar-refractivity contribution in [2.75, 3.05) is 5.32 Å². The van der Waals surface area contributed by atoms with Crippen molar-refractivity contribution in [3.63, 3.8) is 0 Å². The monoisotopic (exact) mass is 311 g/mol. The quantitative estimate of drug-likeness (QED) is 0.890. The molecule has 0 radical (unpaired) electrons. The number of imidazole rings is 1. The van der Waals surface area contributed by atoms with Gasteiger partial charge in [-0.1, -0.05) is 13.3 Å². The van der Waals surface area contributed by atoms with E-state index in [2.05, 4.69) is 33.2 Å². The summed E-state index contributed by atoms with van der Waals surface area (Å²) in [7, 11) is 0. The van der Waals surface area contributed by atoms with Gasteiger partial charge in [-0.3, -0.25) is 0 Å². The lowest BCUT2D eigenvalue weighted by Gasteiger charge is -2.10. The smallest absolute Gasteiger partial charge is 0.207 e. The second-order valence-electron chi connectivity index (χ2n) is 4.05. The van der Waals surface area contributed by atoms with E-state index in [1.165, 1.54) is 12.1 Å². The van der Waals surface area contributed by atoms with Crippen LogP contribution in [0, 0.1) is 5.82 Å². The Bertz CT molecular complexity index is 525. The van der Waals surface area contributed by atoms with Crippen LogP contribution in [0.25, 0.3) is 0 Å². The molecular formula is C13H15BrFN3. The fourth-order valence-electron chi connectivity index (χ4n) is 1.66. The van der Waals surface area contributed by atoms with Crippen molar-refractivity contribution in [3.05, 3.63) is 40.9 Å². The van der Waals surface area contributed by atoms with E-state index in [0.717, 1.165) is 29.8 Å². The lowest BCUT2D eigenvalue weighted by atomic mass is 10.3. The second kappa shape index (κ2) is 6.00. The normalized spacial score (nSPS) is 10.6.